The summed E-state index contributed by atoms with van der Waals surface area (Å²) in [6, 6.07) is 13.4. The van der Waals surface area contributed by atoms with Crippen molar-refractivity contribution in [2.24, 2.45) is 0 Å². The highest BCUT2D eigenvalue weighted by Gasteiger charge is 2.27. The number of hydrogen-bond donors (Lipinski definition) is 0. The number of amides is 1. The van der Waals surface area contributed by atoms with Gasteiger partial charge in [-0.2, -0.15) is 0 Å². The molecule has 0 radical (unpaired) electrons. The van der Waals surface area contributed by atoms with E-state index in [4.69, 9.17) is 9.26 Å². The quantitative estimate of drug-likeness (QED) is 0.601. The molecule has 3 aromatic rings. The van der Waals surface area contributed by atoms with Gasteiger partial charge in [-0.1, -0.05) is 35.5 Å². The van der Waals surface area contributed by atoms with Gasteiger partial charge in [-0.15, -0.1) is 0 Å². The van der Waals surface area contributed by atoms with Crippen LogP contribution >= 0.6 is 0 Å². The van der Waals surface area contributed by atoms with Gasteiger partial charge in [-0.3, -0.25) is 9.69 Å². The standard InChI is InChI=1S/C23H23F2N3O3/c1-27-12-16-7-4-3-6-15(16)10-17(27)13-28(2)23(29)21-11-18(31-26-21)14-30-22-19(24)8-5-9-20(22)25/h3-9,11,17H,10,12-14H2,1-2H3/t17-/m0/s1. The van der Waals surface area contributed by atoms with Crippen molar-refractivity contribution in [3.63, 3.8) is 0 Å². The molecule has 1 aromatic heterocycles. The highest BCUT2D eigenvalue weighted by molar-refractivity contribution is 5.92. The van der Waals surface area contributed by atoms with Gasteiger partial charge in [0.15, 0.2) is 28.8 Å². The molecular weight excluding hydrogens is 404 g/mol. The van der Waals surface area contributed by atoms with Crippen molar-refractivity contribution in [2.75, 3.05) is 20.6 Å². The zero-order valence-corrected chi connectivity index (χ0v) is 17.3. The average molecular weight is 427 g/mol. The van der Waals surface area contributed by atoms with Crippen LogP contribution in [0.25, 0.3) is 0 Å². The molecule has 2 aromatic carbocycles. The van der Waals surface area contributed by atoms with E-state index >= 15 is 0 Å². The van der Waals surface area contributed by atoms with Crippen molar-refractivity contribution in [1.82, 2.24) is 15.0 Å². The first-order chi connectivity index (χ1) is 14.9. The lowest BCUT2D eigenvalue weighted by molar-refractivity contribution is 0.0723. The lowest BCUT2D eigenvalue weighted by atomic mass is 9.94. The number of benzene rings is 2. The minimum Gasteiger partial charge on any atom is -0.479 e. The van der Waals surface area contributed by atoms with E-state index in [0.717, 1.165) is 25.1 Å². The molecule has 0 aliphatic carbocycles. The Hall–Kier alpha value is -3.26. The average Bonchev–Trinajstić information content (AvgIpc) is 3.22. The molecule has 1 atom stereocenters. The molecule has 2 heterocycles. The van der Waals surface area contributed by atoms with Gasteiger partial charge in [0.25, 0.3) is 5.91 Å². The number of carbonyl (C=O) groups is 1. The molecule has 0 saturated heterocycles. The minimum absolute atomic E-state index is 0.119. The lowest BCUT2D eigenvalue weighted by Crippen LogP contribution is -2.46. The summed E-state index contributed by atoms with van der Waals surface area (Å²) < 4.78 is 37.6. The van der Waals surface area contributed by atoms with Gasteiger partial charge in [-0.05, 0) is 36.7 Å². The van der Waals surface area contributed by atoms with Crippen LogP contribution in [0, 0.1) is 11.6 Å². The van der Waals surface area contributed by atoms with Gasteiger partial charge in [0.2, 0.25) is 0 Å². The summed E-state index contributed by atoms with van der Waals surface area (Å²) in [6.07, 6.45) is 0.858. The first kappa shape index (κ1) is 21.0. The van der Waals surface area contributed by atoms with Crippen LogP contribution in [-0.2, 0) is 19.6 Å². The summed E-state index contributed by atoms with van der Waals surface area (Å²) >= 11 is 0. The Labute approximate surface area is 179 Å². The maximum atomic E-state index is 13.7. The van der Waals surface area contributed by atoms with Crippen LogP contribution in [0.1, 0.15) is 27.4 Å². The van der Waals surface area contributed by atoms with Crippen LogP contribution in [-0.4, -0.2) is 47.5 Å². The van der Waals surface area contributed by atoms with Crippen LogP contribution in [0.3, 0.4) is 0 Å². The first-order valence-corrected chi connectivity index (χ1v) is 9.97. The molecule has 0 unspecified atom stereocenters. The smallest absolute Gasteiger partial charge is 0.275 e. The molecule has 4 rings (SSSR count). The highest BCUT2D eigenvalue weighted by atomic mass is 19.1. The van der Waals surface area contributed by atoms with Gasteiger partial charge >= 0.3 is 0 Å². The van der Waals surface area contributed by atoms with Crippen LogP contribution in [0.5, 0.6) is 5.75 Å². The van der Waals surface area contributed by atoms with E-state index in [-0.39, 0.29) is 30.0 Å². The Morgan fingerprint density at radius 2 is 1.90 bits per heavy atom. The molecular formula is C23H23F2N3O3. The van der Waals surface area contributed by atoms with Gasteiger partial charge in [0.05, 0.1) is 0 Å². The van der Waals surface area contributed by atoms with Gasteiger partial charge in [0, 0.05) is 32.2 Å². The number of carbonyl (C=O) groups excluding carboxylic acids is 1. The molecule has 0 spiro atoms. The van der Waals surface area contributed by atoms with Gasteiger partial charge in [0.1, 0.15) is 6.61 Å². The second kappa shape index (κ2) is 8.85. The number of rotatable bonds is 6. The highest BCUT2D eigenvalue weighted by Crippen LogP contribution is 2.24. The molecule has 8 heteroatoms. The molecule has 0 fully saturated rings. The minimum atomic E-state index is -0.811. The second-order valence-electron chi connectivity index (χ2n) is 7.75. The fraction of sp³-hybridized carbons (Fsp3) is 0.304. The number of aromatic nitrogens is 1. The molecule has 162 valence electrons. The van der Waals surface area contributed by atoms with Crippen molar-refractivity contribution < 1.29 is 22.8 Å². The van der Waals surface area contributed by atoms with Crippen molar-refractivity contribution in [2.45, 2.75) is 25.6 Å². The zero-order chi connectivity index (χ0) is 22.0. The van der Waals surface area contributed by atoms with E-state index in [0.29, 0.717) is 6.54 Å². The Balaban J connectivity index is 1.37. The Morgan fingerprint density at radius 3 is 2.65 bits per heavy atom. The fourth-order valence-corrected chi connectivity index (χ4v) is 3.76. The molecule has 0 N–H and O–H groups in total. The topological polar surface area (TPSA) is 58.8 Å². The zero-order valence-electron chi connectivity index (χ0n) is 17.3. The summed E-state index contributed by atoms with van der Waals surface area (Å²) in [4.78, 5) is 16.6. The van der Waals surface area contributed by atoms with E-state index in [1.165, 1.54) is 23.3 Å². The van der Waals surface area contributed by atoms with Gasteiger partial charge < -0.3 is 14.2 Å². The summed E-state index contributed by atoms with van der Waals surface area (Å²) in [7, 11) is 3.77. The van der Waals surface area contributed by atoms with Crippen molar-refractivity contribution in [1.29, 1.82) is 0 Å². The third-order valence-electron chi connectivity index (χ3n) is 5.50. The van der Waals surface area contributed by atoms with Gasteiger partial charge in [-0.25, -0.2) is 8.78 Å². The van der Waals surface area contributed by atoms with E-state index in [9.17, 15) is 13.6 Å². The molecule has 1 aliphatic rings. The van der Waals surface area contributed by atoms with Crippen LogP contribution in [0.2, 0.25) is 0 Å². The van der Waals surface area contributed by atoms with E-state index in [2.05, 4.69) is 22.2 Å². The van der Waals surface area contributed by atoms with Crippen molar-refractivity contribution in [3.05, 3.63) is 82.7 Å². The van der Waals surface area contributed by atoms with Crippen molar-refractivity contribution >= 4 is 5.91 Å². The van der Waals surface area contributed by atoms with Crippen LogP contribution < -0.4 is 4.74 Å². The normalized spacial score (nSPS) is 16.1. The third-order valence-corrected chi connectivity index (χ3v) is 5.50. The molecule has 0 saturated carbocycles. The Bertz CT molecular complexity index is 1070. The summed E-state index contributed by atoms with van der Waals surface area (Å²) in [5.74, 6) is -2.21. The molecule has 1 aliphatic heterocycles. The fourth-order valence-electron chi connectivity index (χ4n) is 3.76. The number of likely N-dealkylation sites (N-methyl/N-ethyl adjacent to an activating group) is 2. The Kier molecular flexibility index (Phi) is 5.99. The summed E-state index contributed by atoms with van der Waals surface area (Å²) in [6.45, 7) is 1.12. The number of ether oxygens (including phenoxy) is 1. The molecule has 0 bridgehead atoms. The lowest BCUT2D eigenvalue weighted by Gasteiger charge is -2.36. The molecule has 1 amide bonds. The van der Waals surface area contributed by atoms with E-state index in [1.54, 1.807) is 11.9 Å². The predicted molar refractivity (Wildman–Crippen MR) is 110 cm³/mol. The summed E-state index contributed by atoms with van der Waals surface area (Å²) in [5, 5.41) is 3.80. The van der Waals surface area contributed by atoms with E-state index in [1.807, 2.05) is 19.2 Å². The van der Waals surface area contributed by atoms with Crippen LogP contribution in [0.4, 0.5) is 8.78 Å². The molecule has 6 nitrogen and oxygen atoms in total. The number of hydrogen-bond acceptors (Lipinski definition) is 5. The van der Waals surface area contributed by atoms with Crippen LogP contribution in [0.15, 0.2) is 53.1 Å². The predicted octanol–water partition coefficient (Wildman–Crippen LogP) is 3.66. The number of nitrogens with zero attached hydrogens (tertiary/aromatic N) is 3. The Morgan fingerprint density at radius 1 is 1.19 bits per heavy atom. The largest absolute Gasteiger partial charge is 0.479 e. The van der Waals surface area contributed by atoms with Crippen molar-refractivity contribution in [3.8, 4) is 5.75 Å². The SMILES string of the molecule is CN(C[C@@H]1Cc2ccccc2CN1C)C(=O)c1cc(COc2c(F)cccc2F)on1. The third kappa shape index (κ3) is 4.59. The summed E-state index contributed by atoms with van der Waals surface area (Å²) in [5.41, 5.74) is 2.73. The second-order valence-corrected chi connectivity index (χ2v) is 7.75. The number of fused-ring (bicyclic) bond motifs is 1. The maximum Gasteiger partial charge on any atom is 0.275 e. The monoisotopic (exact) mass is 427 g/mol. The van der Waals surface area contributed by atoms with E-state index < -0.39 is 17.4 Å². The first-order valence-electron chi connectivity index (χ1n) is 9.97. The number of halogens is 2. The molecule has 31 heavy (non-hydrogen) atoms. The maximum absolute atomic E-state index is 13.7. The number of para-hydroxylation sites is 1.